The summed E-state index contributed by atoms with van der Waals surface area (Å²) in [6, 6.07) is 6.13. The highest BCUT2D eigenvalue weighted by molar-refractivity contribution is 6.37. The summed E-state index contributed by atoms with van der Waals surface area (Å²) in [6.07, 6.45) is 0. The molecule has 0 aliphatic carbocycles. The van der Waals surface area contributed by atoms with Crippen LogP contribution in [-0.2, 0) is 19.1 Å². The number of esters is 1. The molecule has 0 aliphatic heterocycles. The molecule has 2 aromatic carbocycles. The molecule has 9 nitrogen and oxygen atoms in total. The quantitative estimate of drug-likeness (QED) is 0.187. The van der Waals surface area contributed by atoms with Crippen LogP contribution in [0.2, 0.25) is 10.0 Å². The first-order chi connectivity index (χ1) is 15.9. The van der Waals surface area contributed by atoms with E-state index in [-0.39, 0.29) is 28.1 Å². The number of nitrogens with one attached hydrogen (secondary N) is 2. The zero-order valence-electron chi connectivity index (χ0n) is 19.5. The van der Waals surface area contributed by atoms with Crippen LogP contribution < -0.4 is 25.8 Å². The Balaban J connectivity index is 2.44. The Kier molecular flexibility index (Phi) is 9.14. The Morgan fingerprint density at radius 1 is 1.09 bits per heavy atom. The monoisotopic (exact) mass is 511 g/mol. The fourth-order valence-electron chi connectivity index (χ4n) is 3.14. The minimum atomic E-state index is -1.36. The average molecular weight is 512 g/mol. The smallest absolute Gasteiger partial charge is 0.308 e. The number of nitrogen functional groups attached to an aromatic ring is 1. The van der Waals surface area contributed by atoms with Crippen molar-refractivity contribution in [1.82, 2.24) is 0 Å². The fourth-order valence-corrected chi connectivity index (χ4v) is 3.70. The van der Waals surface area contributed by atoms with Gasteiger partial charge in [0, 0.05) is 36.9 Å². The summed E-state index contributed by atoms with van der Waals surface area (Å²) in [5, 5.41) is 5.62. The van der Waals surface area contributed by atoms with Gasteiger partial charge in [-0.25, -0.2) is 0 Å². The van der Waals surface area contributed by atoms with Gasteiger partial charge in [0.05, 0.1) is 29.4 Å². The van der Waals surface area contributed by atoms with Crippen molar-refractivity contribution in [3.63, 3.8) is 0 Å². The Hall–Kier alpha value is -3.01. The third-order valence-corrected chi connectivity index (χ3v) is 5.30. The van der Waals surface area contributed by atoms with E-state index in [1.54, 1.807) is 32.0 Å². The number of benzene rings is 2. The number of methoxy groups -OCH3 is 2. The number of carbonyl (C=O) groups excluding carboxylic acids is 3. The van der Waals surface area contributed by atoms with E-state index in [9.17, 15) is 14.4 Å². The van der Waals surface area contributed by atoms with Crippen LogP contribution in [0, 0.1) is 5.41 Å². The van der Waals surface area contributed by atoms with E-state index in [1.807, 2.05) is 0 Å². The second-order valence-electron chi connectivity index (χ2n) is 8.07. The topological polar surface area (TPSA) is 129 Å². The molecule has 0 heterocycles. The molecule has 34 heavy (non-hydrogen) atoms. The molecule has 11 heteroatoms. The number of Topliss-reactive ketones (excluding diaryl/α,β-unsaturated/α-hetero) is 1. The molecule has 2 aromatic rings. The zero-order valence-corrected chi connectivity index (χ0v) is 21.0. The molecular weight excluding hydrogens is 485 g/mol. The van der Waals surface area contributed by atoms with Crippen molar-refractivity contribution in [2.24, 2.45) is 5.41 Å². The highest BCUT2D eigenvalue weighted by atomic mass is 35.5. The Labute approximate surface area is 207 Å². The average Bonchev–Trinajstić information content (AvgIpc) is 2.75. The molecule has 0 bridgehead atoms. The van der Waals surface area contributed by atoms with Crippen molar-refractivity contribution in [3.05, 3.63) is 40.4 Å². The predicted octanol–water partition coefficient (Wildman–Crippen LogP) is 4.17. The lowest BCUT2D eigenvalue weighted by molar-refractivity contribution is -0.134. The van der Waals surface area contributed by atoms with Gasteiger partial charge < -0.3 is 30.6 Å². The summed E-state index contributed by atoms with van der Waals surface area (Å²) in [6.45, 7) is 4.61. The molecule has 184 valence electrons. The normalized spacial score (nSPS) is 12.0. The first kappa shape index (κ1) is 27.2. The van der Waals surface area contributed by atoms with Gasteiger partial charge in [-0.2, -0.15) is 0 Å². The number of ether oxygens (including phenoxy) is 3. The number of hydrogen-bond donors (Lipinski definition) is 3. The lowest BCUT2D eigenvalue weighted by atomic mass is 9.84. The molecular formula is C23H27Cl2N3O6. The van der Waals surface area contributed by atoms with Crippen molar-refractivity contribution in [2.45, 2.75) is 26.8 Å². The van der Waals surface area contributed by atoms with Gasteiger partial charge in [0.2, 0.25) is 0 Å². The van der Waals surface area contributed by atoms with Gasteiger partial charge in [-0.1, -0.05) is 37.0 Å². The van der Waals surface area contributed by atoms with E-state index in [2.05, 4.69) is 10.6 Å². The summed E-state index contributed by atoms with van der Waals surface area (Å²) in [5.74, 6) is -1.41. The SMILES string of the molecule is COCC(C)(C)C(=O)C(Nc1cc(Cl)c(OC(C)=O)c(Cl)c1)C(=O)Nc1ccc(N)cc1OC. The van der Waals surface area contributed by atoms with Crippen molar-refractivity contribution >= 4 is 57.9 Å². The lowest BCUT2D eigenvalue weighted by Crippen LogP contribution is -2.48. The number of nitrogens with two attached hydrogens (primary N) is 1. The minimum Gasteiger partial charge on any atom is -0.494 e. The van der Waals surface area contributed by atoms with E-state index < -0.39 is 29.1 Å². The molecule has 0 radical (unpaired) electrons. The van der Waals surface area contributed by atoms with Gasteiger partial charge in [-0.05, 0) is 24.3 Å². The molecule has 0 aliphatic rings. The fraction of sp³-hybridized carbons (Fsp3) is 0.348. The maximum atomic E-state index is 13.4. The lowest BCUT2D eigenvalue weighted by Gasteiger charge is -2.28. The number of rotatable bonds is 10. The van der Waals surface area contributed by atoms with Gasteiger partial charge in [-0.15, -0.1) is 0 Å². The molecule has 1 amide bonds. The van der Waals surface area contributed by atoms with Gasteiger partial charge in [0.15, 0.2) is 17.6 Å². The largest absolute Gasteiger partial charge is 0.494 e. The summed E-state index contributed by atoms with van der Waals surface area (Å²) >= 11 is 12.4. The van der Waals surface area contributed by atoms with Gasteiger partial charge in [0.25, 0.3) is 5.91 Å². The molecule has 0 saturated carbocycles. The second kappa shape index (κ2) is 11.4. The van der Waals surface area contributed by atoms with Crippen molar-refractivity contribution < 1.29 is 28.6 Å². The molecule has 4 N–H and O–H groups in total. The highest BCUT2D eigenvalue weighted by Gasteiger charge is 2.38. The molecule has 0 aromatic heterocycles. The van der Waals surface area contributed by atoms with E-state index in [0.29, 0.717) is 17.1 Å². The zero-order chi connectivity index (χ0) is 25.6. The Bertz CT molecular complexity index is 1070. The van der Waals surface area contributed by atoms with Gasteiger partial charge in [0.1, 0.15) is 5.75 Å². The molecule has 1 atom stereocenters. The Morgan fingerprint density at radius 3 is 2.24 bits per heavy atom. The maximum absolute atomic E-state index is 13.4. The molecule has 1 unspecified atom stereocenters. The third kappa shape index (κ3) is 6.75. The summed E-state index contributed by atoms with van der Waals surface area (Å²) in [5.41, 5.74) is 5.79. The highest BCUT2D eigenvalue weighted by Crippen LogP contribution is 2.37. The molecule has 2 rings (SSSR count). The maximum Gasteiger partial charge on any atom is 0.308 e. The summed E-state index contributed by atoms with van der Waals surface area (Å²) in [7, 11) is 2.89. The van der Waals surface area contributed by atoms with Crippen LogP contribution in [0.25, 0.3) is 0 Å². The minimum absolute atomic E-state index is 0.0214. The van der Waals surface area contributed by atoms with E-state index in [4.69, 9.17) is 43.1 Å². The first-order valence-electron chi connectivity index (χ1n) is 10.1. The molecule has 0 fully saturated rings. The van der Waals surface area contributed by atoms with Crippen molar-refractivity contribution in [2.75, 3.05) is 37.2 Å². The van der Waals surface area contributed by atoms with Crippen molar-refractivity contribution in [3.8, 4) is 11.5 Å². The summed E-state index contributed by atoms with van der Waals surface area (Å²) < 4.78 is 15.4. The van der Waals surface area contributed by atoms with Crippen LogP contribution >= 0.6 is 23.2 Å². The van der Waals surface area contributed by atoms with Crippen LogP contribution in [0.4, 0.5) is 17.1 Å². The van der Waals surface area contributed by atoms with Crippen LogP contribution in [0.5, 0.6) is 11.5 Å². The van der Waals surface area contributed by atoms with Crippen LogP contribution in [0.3, 0.4) is 0 Å². The van der Waals surface area contributed by atoms with Crippen molar-refractivity contribution in [1.29, 1.82) is 0 Å². The van der Waals surface area contributed by atoms with Gasteiger partial charge >= 0.3 is 5.97 Å². The van der Waals surface area contributed by atoms with E-state index >= 15 is 0 Å². The van der Waals surface area contributed by atoms with Gasteiger partial charge in [-0.3, -0.25) is 14.4 Å². The van der Waals surface area contributed by atoms with Crippen LogP contribution in [-0.4, -0.2) is 44.5 Å². The van der Waals surface area contributed by atoms with Crippen LogP contribution in [0.15, 0.2) is 30.3 Å². The Morgan fingerprint density at radius 2 is 1.71 bits per heavy atom. The molecule has 0 spiro atoms. The van der Waals surface area contributed by atoms with E-state index in [1.165, 1.54) is 33.3 Å². The van der Waals surface area contributed by atoms with E-state index in [0.717, 1.165) is 0 Å². The number of carbonyl (C=O) groups is 3. The number of amides is 1. The number of ketones is 1. The number of anilines is 3. The standard InChI is InChI=1S/C23H27Cl2N3O6/c1-12(29)34-20-15(24)9-14(10-16(20)25)27-19(21(30)23(2,3)11-32-4)22(31)28-17-7-6-13(26)8-18(17)33-5/h6-10,19,27H,11,26H2,1-5H3,(H,28,31). The second-order valence-corrected chi connectivity index (χ2v) is 8.88. The summed E-state index contributed by atoms with van der Waals surface area (Å²) in [4.78, 5) is 38.0. The number of hydrogen-bond acceptors (Lipinski definition) is 8. The third-order valence-electron chi connectivity index (χ3n) is 4.74. The number of halogens is 2. The van der Waals surface area contributed by atoms with Crippen LogP contribution in [0.1, 0.15) is 20.8 Å². The molecule has 0 saturated heterocycles. The predicted molar refractivity (Wildman–Crippen MR) is 132 cm³/mol. The first-order valence-corrected chi connectivity index (χ1v) is 10.9.